The summed E-state index contributed by atoms with van der Waals surface area (Å²) in [4.78, 5) is 0. The third-order valence-corrected chi connectivity index (χ3v) is 6.98. The maximum absolute atomic E-state index is 10.3. The van der Waals surface area contributed by atoms with Gasteiger partial charge in [-0.3, -0.25) is 9.34 Å². The molecule has 3 nitrogen and oxygen atoms in total. The van der Waals surface area contributed by atoms with Crippen molar-refractivity contribution >= 4 is 13.5 Å². The Morgan fingerprint density at radius 1 is 0.750 bits per heavy atom. The Morgan fingerprint density at radius 2 is 1.25 bits per heavy atom. The normalized spacial score (nSPS) is 22.2. The van der Waals surface area contributed by atoms with Crippen LogP contribution in [0.15, 0.2) is 24.3 Å². The van der Waals surface area contributed by atoms with Gasteiger partial charge in [-0.05, 0) is 37.8 Å². The van der Waals surface area contributed by atoms with Gasteiger partial charge in [0.2, 0.25) is 0 Å². The third-order valence-electron chi connectivity index (χ3n) is 4.30. The van der Waals surface area contributed by atoms with Crippen molar-refractivity contribution in [3.8, 4) is 5.75 Å². The van der Waals surface area contributed by atoms with Crippen LogP contribution < -0.4 is 5.30 Å². The van der Waals surface area contributed by atoms with Crippen LogP contribution in [-0.2, 0) is 0 Å². The zero-order chi connectivity index (χ0) is 13.8. The minimum atomic E-state index is -0.496. The zero-order valence-electron chi connectivity index (χ0n) is 12.2. The van der Waals surface area contributed by atoms with Gasteiger partial charge in [-0.1, -0.05) is 25.0 Å². The largest absolute Gasteiger partial charge is 0.507 e. The fourth-order valence-corrected chi connectivity index (χ4v) is 6.04. The van der Waals surface area contributed by atoms with E-state index >= 15 is 0 Å². The number of benzene rings is 1. The molecule has 0 aromatic heterocycles. The molecule has 0 spiro atoms. The van der Waals surface area contributed by atoms with Crippen molar-refractivity contribution in [1.82, 2.24) is 9.34 Å². The Balaban J connectivity index is 1.87. The number of phenolic OH excluding ortho intramolecular Hbond substituents is 1. The molecule has 0 radical (unpaired) electrons. The second-order valence-electron chi connectivity index (χ2n) is 5.81. The number of para-hydroxylation sites is 1. The summed E-state index contributed by atoms with van der Waals surface area (Å²) in [6.07, 6.45) is 7.95. The van der Waals surface area contributed by atoms with Crippen LogP contribution in [0.2, 0.25) is 0 Å². The van der Waals surface area contributed by atoms with Crippen molar-refractivity contribution in [3.05, 3.63) is 24.3 Å². The number of hydrogen-bond acceptors (Lipinski definition) is 3. The molecule has 0 amide bonds. The molecule has 2 saturated heterocycles. The van der Waals surface area contributed by atoms with E-state index in [2.05, 4.69) is 21.5 Å². The molecule has 20 heavy (non-hydrogen) atoms. The van der Waals surface area contributed by atoms with Crippen molar-refractivity contribution in [2.75, 3.05) is 26.2 Å². The minimum absolute atomic E-state index is 0.481. The highest BCUT2D eigenvalue weighted by atomic mass is 31.1. The molecule has 0 unspecified atom stereocenters. The van der Waals surface area contributed by atoms with Crippen molar-refractivity contribution in [2.24, 2.45) is 0 Å². The summed E-state index contributed by atoms with van der Waals surface area (Å²) in [6.45, 7) is 4.76. The van der Waals surface area contributed by atoms with Crippen LogP contribution in [0.3, 0.4) is 0 Å². The van der Waals surface area contributed by atoms with Crippen LogP contribution in [0.1, 0.15) is 38.5 Å². The molecule has 2 aliphatic heterocycles. The van der Waals surface area contributed by atoms with Gasteiger partial charge in [-0.2, -0.15) is 0 Å². The Labute approximate surface area is 123 Å². The number of phenols is 1. The van der Waals surface area contributed by atoms with Crippen LogP contribution in [0.25, 0.3) is 0 Å². The highest BCUT2D eigenvalue weighted by Crippen LogP contribution is 2.47. The van der Waals surface area contributed by atoms with Gasteiger partial charge in [0.05, 0.1) is 8.22 Å². The molecular weight excluding hydrogens is 267 g/mol. The average molecular weight is 292 g/mol. The molecule has 2 heterocycles. The molecular formula is C16H25N2OP. The zero-order valence-corrected chi connectivity index (χ0v) is 13.1. The molecule has 3 rings (SSSR count). The molecule has 0 aliphatic carbocycles. The van der Waals surface area contributed by atoms with Gasteiger partial charge < -0.3 is 5.11 Å². The van der Waals surface area contributed by atoms with Crippen LogP contribution in [0.4, 0.5) is 0 Å². The lowest BCUT2D eigenvalue weighted by Gasteiger charge is -2.42. The molecule has 1 N–H and O–H groups in total. The predicted octanol–water partition coefficient (Wildman–Crippen LogP) is 3.30. The van der Waals surface area contributed by atoms with E-state index in [0.717, 1.165) is 5.30 Å². The van der Waals surface area contributed by atoms with Crippen molar-refractivity contribution in [3.63, 3.8) is 0 Å². The second kappa shape index (κ2) is 6.89. The molecule has 0 bridgehead atoms. The van der Waals surface area contributed by atoms with E-state index in [0.29, 0.717) is 5.75 Å². The van der Waals surface area contributed by atoms with Crippen molar-refractivity contribution < 1.29 is 5.11 Å². The first-order valence-corrected chi connectivity index (χ1v) is 9.19. The monoisotopic (exact) mass is 292 g/mol. The summed E-state index contributed by atoms with van der Waals surface area (Å²) in [6, 6.07) is 7.97. The van der Waals surface area contributed by atoms with Crippen molar-refractivity contribution in [1.29, 1.82) is 0 Å². The first-order valence-electron chi connectivity index (χ1n) is 7.94. The molecule has 2 aliphatic rings. The molecule has 1 aromatic rings. The summed E-state index contributed by atoms with van der Waals surface area (Å²) in [5, 5.41) is 11.5. The Bertz CT molecular complexity index is 410. The second-order valence-corrected chi connectivity index (χ2v) is 8.00. The lowest BCUT2D eigenvalue weighted by Crippen LogP contribution is -2.38. The standard InChI is InChI=1S/C16H25N2OP/c19-15-9-3-4-10-16(15)20(17-11-5-1-6-12-17)18-13-7-2-8-14-18/h3-4,9-10,19H,1-2,5-8,11-14H2. The van der Waals surface area contributed by atoms with Gasteiger partial charge in [-0.25, -0.2) is 0 Å². The van der Waals surface area contributed by atoms with Crippen LogP contribution in [-0.4, -0.2) is 40.6 Å². The lowest BCUT2D eigenvalue weighted by atomic mass is 10.2. The highest BCUT2D eigenvalue weighted by Gasteiger charge is 2.30. The van der Waals surface area contributed by atoms with E-state index < -0.39 is 8.22 Å². The predicted molar refractivity (Wildman–Crippen MR) is 85.5 cm³/mol. The topological polar surface area (TPSA) is 26.7 Å². The molecule has 1 aromatic carbocycles. The van der Waals surface area contributed by atoms with Gasteiger partial charge in [0.15, 0.2) is 0 Å². The molecule has 0 saturated carbocycles. The van der Waals surface area contributed by atoms with E-state index in [1.807, 2.05) is 12.1 Å². The SMILES string of the molecule is Oc1ccccc1P(N1CCCCC1)N1CCCCC1. The molecule has 0 atom stereocenters. The number of hydrogen-bond donors (Lipinski definition) is 1. The van der Waals surface area contributed by atoms with Crippen LogP contribution in [0, 0.1) is 0 Å². The maximum Gasteiger partial charge on any atom is 0.125 e. The number of aromatic hydroxyl groups is 1. The Kier molecular flexibility index (Phi) is 4.93. The van der Waals surface area contributed by atoms with Crippen LogP contribution >= 0.6 is 8.22 Å². The van der Waals surface area contributed by atoms with Gasteiger partial charge in [0.1, 0.15) is 5.75 Å². The van der Waals surface area contributed by atoms with E-state index in [4.69, 9.17) is 0 Å². The molecule has 110 valence electrons. The quantitative estimate of drug-likeness (QED) is 0.866. The Morgan fingerprint density at radius 3 is 1.75 bits per heavy atom. The fourth-order valence-electron chi connectivity index (χ4n) is 3.25. The van der Waals surface area contributed by atoms with E-state index in [1.165, 1.54) is 64.7 Å². The van der Waals surface area contributed by atoms with E-state index in [1.54, 1.807) is 0 Å². The summed E-state index contributed by atoms with van der Waals surface area (Å²) < 4.78 is 5.28. The summed E-state index contributed by atoms with van der Waals surface area (Å²) in [5.41, 5.74) is 0. The first-order chi connectivity index (χ1) is 9.86. The van der Waals surface area contributed by atoms with Crippen molar-refractivity contribution in [2.45, 2.75) is 38.5 Å². The third kappa shape index (κ3) is 3.16. The molecule has 2 fully saturated rings. The van der Waals surface area contributed by atoms with Gasteiger partial charge in [-0.15, -0.1) is 0 Å². The fraction of sp³-hybridized carbons (Fsp3) is 0.625. The van der Waals surface area contributed by atoms with Gasteiger partial charge in [0.25, 0.3) is 0 Å². The maximum atomic E-state index is 10.3. The highest BCUT2D eigenvalue weighted by molar-refractivity contribution is 7.61. The Hall–Kier alpha value is -0.630. The van der Waals surface area contributed by atoms with Gasteiger partial charge >= 0.3 is 0 Å². The summed E-state index contributed by atoms with van der Waals surface area (Å²) in [5.74, 6) is 0.481. The molecule has 4 heteroatoms. The van der Waals surface area contributed by atoms with E-state index in [9.17, 15) is 5.11 Å². The van der Waals surface area contributed by atoms with Gasteiger partial charge in [0, 0.05) is 31.5 Å². The number of nitrogens with zero attached hydrogens (tertiary/aromatic N) is 2. The average Bonchev–Trinajstić information content (AvgIpc) is 2.52. The minimum Gasteiger partial charge on any atom is -0.507 e. The number of rotatable bonds is 3. The summed E-state index contributed by atoms with van der Waals surface area (Å²) in [7, 11) is -0.496. The van der Waals surface area contributed by atoms with E-state index in [-0.39, 0.29) is 0 Å². The van der Waals surface area contributed by atoms with Crippen LogP contribution in [0.5, 0.6) is 5.75 Å². The lowest BCUT2D eigenvalue weighted by molar-refractivity contribution is 0.314. The summed E-state index contributed by atoms with van der Waals surface area (Å²) >= 11 is 0. The smallest absolute Gasteiger partial charge is 0.125 e. The first kappa shape index (κ1) is 14.3. The number of piperidine rings is 2.